The van der Waals surface area contributed by atoms with E-state index in [2.05, 4.69) is 20.0 Å². The predicted octanol–water partition coefficient (Wildman–Crippen LogP) is 2.53. The van der Waals surface area contributed by atoms with Gasteiger partial charge < -0.3 is 5.32 Å². The number of aromatic nitrogens is 2. The van der Waals surface area contributed by atoms with Gasteiger partial charge in [0.25, 0.3) is 10.0 Å². The number of pyridine rings is 1. The third-order valence-electron chi connectivity index (χ3n) is 2.81. The van der Waals surface area contributed by atoms with Crippen LogP contribution in [0, 0.1) is 0 Å². The van der Waals surface area contributed by atoms with Gasteiger partial charge in [-0.05, 0) is 18.2 Å². The topological polar surface area (TPSA) is 84.0 Å². The minimum atomic E-state index is -3.68. The molecule has 3 aromatic rings. The molecule has 0 aliphatic carbocycles. The summed E-state index contributed by atoms with van der Waals surface area (Å²) in [6.07, 6.45) is 1.44. The van der Waals surface area contributed by atoms with Crippen molar-refractivity contribution in [1.82, 2.24) is 9.97 Å². The minimum Gasteiger partial charge on any atom is -0.373 e. The largest absolute Gasteiger partial charge is 0.373 e. The van der Waals surface area contributed by atoms with E-state index in [1.807, 2.05) is 24.3 Å². The Morgan fingerprint density at radius 3 is 2.76 bits per heavy atom. The van der Waals surface area contributed by atoms with Gasteiger partial charge in [-0.25, -0.2) is 18.4 Å². The van der Waals surface area contributed by atoms with E-state index < -0.39 is 10.0 Å². The molecule has 0 spiro atoms. The molecule has 0 saturated heterocycles. The first-order valence-electron chi connectivity index (χ1n) is 6.11. The van der Waals surface area contributed by atoms with Gasteiger partial charge >= 0.3 is 0 Å². The van der Waals surface area contributed by atoms with Gasteiger partial charge in [0.2, 0.25) is 0 Å². The molecule has 0 aliphatic heterocycles. The van der Waals surface area contributed by atoms with Gasteiger partial charge in [-0.3, -0.25) is 4.72 Å². The lowest BCUT2D eigenvalue weighted by atomic mass is 10.3. The summed E-state index contributed by atoms with van der Waals surface area (Å²) in [6, 6.07) is 10.4. The van der Waals surface area contributed by atoms with Crippen molar-refractivity contribution in [3.05, 3.63) is 42.6 Å². The van der Waals surface area contributed by atoms with E-state index in [4.69, 9.17) is 0 Å². The Labute approximate surface area is 125 Å². The summed E-state index contributed by atoms with van der Waals surface area (Å²) in [5.41, 5.74) is 0.769. The number of nitrogens with zero attached hydrogens (tertiary/aromatic N) is 2. The fourth-order valence-corrected chi connectivity index (χ4v) is 3.92. The molecule has 0 amide bonds. The normalized spacial score (nSPS) is 11.5. The fourth-order valence-electron chi connectivity index (χ4n) is 1.80. The second kappa shape index (κ2) is 5.30. The Morgan fingerprint density at radius 1 is 1.19 bits per heavy atom. The van der Waals surface area contributed by atoms with Crippen molar-refractivity contribution in [2.45, 2.75) is 4.90 Å². The van der Waals surface area contributed by atoms with Gasteiger partial charge in [0.05, 0.1) is 15.1 Å². The molecule has 6 nitrogen and oxygen atoms in total. The van der Waals surface area contributed by atoms with Crippen molar-refractivity contribution in [3.63, 3.8) is 0 Å². The first kappa shape index (κ1) is 13.8. The van der Waals surface area contributed by atoms with Gasteiger partial charge in [-0.1, -0.05) is 23.5 Å². The zero-order valence-corrected chi connectivity index (χ0v) is 12.7. The van der Waals surface area contributed by atoms with E-state index in [-0.39, 0.29) is 4.90 Å². The summed E-state index contributed by atoms with van der Waals surface area (Å²) in [5, 5.41) is 3.15. The number of hydrogen-bond acceptors (Lipinski definition) is 6. The van der Waals surface area contributed by atoms with Crippen molar-refractivity contribution in [2.75, 3.05) is 17.1 Å². The number of rotatable bonds is 4. The number of fused-ring (bicyclic) bond motifs is 1. The molecule has 0 saturated carbocycles. The molecule has 3 rings (SSSR count). The number of benzene rings is 1. The van der Waals surface area contributed by atoms with E-state index in [0.29, 0.717) is 10.9 Å². The van der Waals surface area contributed by atoms with Crippen molar-refractivity contribution in [1.29, 1.82) is 0 Å². The van der Waals surface area contributed by atoms with Crippen molar-refractivity contribution >= 4 is 42.5 Å². The molecular formula is C13H12N4O2S2. The minimum absolute atomic E-state index is 0.140. The van der Waals surface area contributed by atoms with Crippen molar-refractivity contribution < 1.29 is 8.42 Å². The molecule has 1 aromatic carbocycles. The lowest BCUT2D eigenvalue weighted by Gasteiger charge is -2.06. The lowest BCUT2D eigenvalue weighted by molar-refractivity contribution is 0.601. The predicted molar refractivity (Wildman–Crippen MR) is 84.2 cm³/mol. The number of sulfonamides is 1. The Kier molecular flexibility index (Phi) is 3.48. The Balaban J connectivity index is 1.95. The molecule has 0 radical (unpaired) electrons. The van der Waals surface area contributed by atoms with Crippen LogP contribution in [0.2, 0.25) is 0 Å². The van der Waals surface area contributed by atoms with Gasteiger partial charge in [-0.2, -0.15) is 0 Å². The quantitative estimate of drug-likeness (QED) is 0.772. The van der Waals surface area contributed by atoms with Crippen LogP contribution in [-0.4, -0.2) is 25.4 Å². The third-order valence-corrected chi connectivity index (χ3v) is 5.23. The molecule has 0 fully saturated rings. The second-order valence-corrected chi connectivity index (χ2v) is 6.93. The smallest absolute Gasteiger partial charge is 0.263 e. The Hall–Kier alpha value is -2.19. The number of hydrogen-bond donors (Lipinski definition) is 2. The first-order valence-corrected chi connectivity index (χ1v) is 8.41. The van der Waals surface area contributed by atoms with Crippen LogP contribution in [0.4, 0.5) is 10.9 Å². The molecule has 108 valence electrons. The van der Waals surface area contributed by atoms with E-state index >= 15 is 0 Å². The van der Waals surface area contributed by atoms with Crippen LogP contribution < -0.4 is 10.0 Å². The summed E-state index contributed by atoms with van der Waals surface area (Å²) >= 11 is 1.30. The van der Waals surface area contributed by atoms with Crippen LogP contribution in [0.5, 0.6) is 0 Å². The summed E-state index contributed by atoms with van der Waals surface area (Å²) < 4.78 is 28.1. The maximum absolute atomic E-state index is 12.3. The zero-order chi connectivity index (χ0) is 14.9. The van der Waals surface area contributed by atoms with Crippen LogP contribution in [-0.2, 0) is 10.0 Å². The summed E-state index contributed by atoms with van der Waals surface area (Å²) in [6.45, 7) is 0. The van der Waals surface area contributed by atoms with Crippen molar-refractivity contribution in [2.24, 2.45) is 0 Å². The Morgan fingerprint density at radius 2 is 2.00 bits per heavy atom. The maximum Gasteiger partial charge on any atom is 0.263 e. The highest BCUT2D eigenvalue weighted by molar-refractivity contribution is 7.93. The standard InChI is InChI=1S/C13H12N4O2S2/c1-14-12-8-9(6-7-15-12)21(18,19)17-13-16-10-4-2-3-5-11(10)20-13/h2-8H,1H3,(H,14,15)(H,16,17). The van der Waals surface area contributed by atoms with E-state index in [9.17, 15) is 8.42 Å². The van der Waals surface area contributed by atoms with Gasteiger partial charge in [0.1, 0.15) is 5.82 Å². The molecule has 2 N–H and O–H groups in total. The summed E-state index contributed by atoms with van der Waals surface area (Å²) in [7, 11) is -2.00. The van der Waals surface area contributed by atoms with Crippen LogP contribution in [0.3, 0.4) is 0 Å². The fraction of sp³-hybridized carbons (Fsp3) is 0.0769. The second-order valence-electron chi connectivity index (χ2n) is 4.22. The van der Waals surface area contributed by atoms with Crippen LogP contribution in [0.25, 0.3) is 10.2 Å². The summed E-state index contributed by atoms with van der Waals surface area (Å²) in [4.78, 5) is 8.40. The molecule has 21 heavy (non-hydrogen) atoms. The first-order chi connectivity index (χ1) is 10.1. The molecule has 0 atom stereocenters. The van der Waals surface area contributed by atoms with E-state index in [1.54, 1.807) is 7.05 Å². The van der Waals surface area contributed by atoms with E-state index in [1.165, 1.54) is 29.7 Å². The van der Waals surface area contributed by atoms with Crippen LogP contribution >= 0.6 is 11.3 Å². The SMILES string of the molecule is CNc1cc(S(=O)(=O)Nc2nc3ccccc3s2)ccn1. The highest BCUT2D eigenvalue weighted by atomic mass is 32.2. The van der Waals surface area contributed by atoms with Gasteiger partial charge in [0, 0.05) is 19.3 Å². The number of nitrogens with one attached hydrogen (secondary N) is 2. The number of anilines is 2. The molecular weight excluding hydrogens is 308 g/mol. The molecule has 2 heterocycles. The molecule has 0 unspecified atom stereocenters. The molecule has 2 aromatic heterocycles. The average molecular weight is 320 g/mol. The lowest BCUT2D eigenvalue weighted by Crippen LogP contribution is -2.13. The van der Waals surface area contributed by atoms with Crippen LogP contribution in [0.1, 0.15) is 0 Å². The molecule has 0 aliphatic rings. The Bertz CT molecular complexity index is 857. The third kappa shape index (κ3) is 2.81. The summed E-state index contributed by atoms with van der Waals surface area (Å²) in [5.74, 6) is 0.488. The molecule has 8 heteroatoms. The van der Waals surface area contributed by atoms with Gasteiger partial charge in [-0.15, -0.1) is 0 Å². The monoisotopic (exact) mass is 320 g/mol. The zero-order valence-electron chi connectivity index (χ0n) is 11.1. The number of thiazole rings is 1. The molecule has 0 bridgehead atoms. The van der Waals surface area contributed by atoms with Gasteiger partial charge in [0.15, 0.2) is 5.13 Å². The number of para-hydroxylation sites is 1. The van der Waals surface area contributed by atoms with Crippen LogP contribution in [0.15, 0.2) is 47.5 Å². The van der Waals surface area contributed by atoms with E-state index in [0.717, 1.165) is 10.2 Å². The van der Waals surface area contributed by atoms with Crippen molar-refractivity contribution in [3.8, 4) is 0 Å². The maximum atomic E-state index is 12.3. The highest BCUT2D eigenvalue weighted by Gasteiger charge is 2.17. The highest BCUT2D eigenvalue weighted by Crippen LogP contribution is 2.27. The average Bonchev–Trinajstić information content (AvgIpc) is 2.88.